The number of sulfone groups is 1. The van der Waals surface area contributed by atoms with E-state index >= 15 is 0 Å². The topological polar surface area (TPSA) is 34.1 Å². The van der Waals surface area contributed by atoms with Crippen molar-refractivity contribution < 1.29 is 8.42 Å². The Hall–Kier alpha value is 0.610. The average molecular weight is 489 g/mol. The highest BCUT2D eigenvalue weighted by molar-refractivity contribution is 9.10. The molecule has 1 fully saturated rings. The molecule has 0 saturated carbocycles. The second-order valence-corrected chi connectivity index (χ2v) is 9.80. The number of rotatable bonds is 5. The van der Waals surface area contributed by atoms with Gasteiger partial charge in [-0.05, 0) is 41.9 Å². The summed E-state index contributed by atoms with van der Waals surface area (Å²) in [5.74, 6) is 0.871. The molecule has 1 saturated heterocycles. The van der Waals surface area contributed by atoms with Crippen LogP contribution in [0.4, 0.5) is 0 Å². The Labute approximate surface area is 146 Å². The van der Waals surface area contributed by atoms with E-state index in [1.54, 1.807) is 0 Å². The second kappa shape index (κ2) is 6.80. The van der Waals surface area contributed by atoms with Crippen molar-refractivity contribution in [1.29, 1.82) is 0 Å². The number of benzene rings is 1. The van der Waals surface area contributed by atoms with Crippen LogP contribution in [0.15, 0.2) is 28.7 Å². The lowest BCUT2D eigenvalue weighted by Gasteiger charge is -2.36. The third kappa shape index (κ3) is 3.87. The second-order valence-electron chi connectivity index (χ2n) is 5.53. The molecular weight excluding hydrogens is 472 g/mol. The van der Waals surface area contributed by atoms with Gasteiger partial charge in [-0.15, -0.1) is 0 Å². The summed E-state index contributed by atoms with van der Waals surface area (Å²) >= 11 is 10.7. The van der Waals surface area contributed by atoms with Crippen molar-refractivity contribution in [3.05, 3.63) is 34.3 Å². The smallest absolute Gasteiger partial charge is 0.150 e. The van der Waals surface area contributed by atoms with Gasteiger partial charge in [0, 0.05) is 15.1 Å². The van der Waals surface area contributed by atoms with Gasteiger partial charge in [0.15, 0.2) is 9.84 Å². The Morgan fingerprint density at radius 3 is 2.20 bits per heavy atom. The van der Waals surface area contributed by atoms with Gasteiger partial charge in [-0.2, -0.15) is 0 Å². The molecule has 0 spiro atoms. The summed E-state index contributed by atoms with van der Waals surface area (Å²) in [6.45, 7) is 0. The average Bonchev–Trinajstić information content (AvgIpc) is 2.79. The lowest BCUT2D eigenvalue weighted by molar-refractivity contribution is 0.253. The van der Waals surface area contributed by atoms with Crippen LogP contribution in [0.1, 0.15) is 12.0 Å². The van der Waals surface area contributed by atoms with E-state index in [9.17, 15) is 8.42 Å². The molecule has 2 nitrogen and oxygen atoms in total. The van der Waals surface area contributed by atoms with Crippen LogP contribution in [-0.4, -0.2) is 30.6 Å². The molecule has 1 atom stereocenters. The summed E-state index contributed by atoms with van der Waals surface area (Å²) in [5, 5.41) is 1.61. The molecule has 0 radical (unpaired) electrons. The van der Waals surface area contributed by atoms with Gasteiger partial charge in [-0.1, -0.05) is 59.9 Å². The highest BCUT2D eigenvalue weighted by Gasteiger charge is 2.43. The van der Waals surface area contributed by atoms with Crippen LogP contribution < -0.4 is 0 Å². The van der Waals surface area contributed by atoms with Gasteiger partial charge in [0.05, 0.1) is 11.5 Å². The van der Waals surface area contributed by atoms with Crippen LogP contribution in [0.25, 0.3) is 0 Å². The van der Waals surface area contributed by atoms with E-state index in [4.69, 9.17) is 0 Å². The van der Waals surface area contributed by atoms with Gasteiger partial charge < -0.3 is 0 Å². The molecule has 6 heteroatoms. The zero-order valence-corrected chi connectivity index (χ0v) is 16.6. The molecule has 0 amide bonds. The van der Waals surface area contributed by atoms with Gasteiger partial charge >= 0.3 is 0 Å². The zero-order chi connectivity index (χ0) is 14.8. The van der Waals surface area contributed by atoms with E-state index in [1.807, 2.05) is 12.1 Å². The largest absolute Gasteiger partial charge is 0.229 e. The Morgan fingerprint density at radius 2 is 1.75 bits per heavy atom. The summed E-state index contributed by atoms with van der Waals surface area (Å²) < 4.78 is 24.6. The van der Waals surface area contributed by atoms with Crippen LogP contribution in [0, 0.1) is 11.3 Å². The van der Waals surface area contributed by atoms with E-state index in [-0.39, 0.29) is 11.3 Å². The van der Waals surface area contributed by atoms with Crippen molar-refractivity contribution in [2.45, 2.75) is 12.8 Å². The molecule has 2 rings (SSSR count). The normalized spacial score (nSPS) is 22.1. The Kier molecular flexibility index (Phi) is 5.77. The third-order valence-electron chi connectivity index (χ3n) is 4.10. The fraction of sp³-hybridized carbons (Fsp3) is 0.571. The van der Waals surface area contributed by atoms with Crippen molar-refractivity contribution in [2.24, 2.45) is 11.3 Å². The Morgan fingerprint density at radius 1 is 1.15 bits per heavy atom. The molecule has 20 heavy (non-hydrogen) atoms. The summed E-state index contributed by atoms with van der Waals surface area (Å²) in [6.07, 6.45) is 1.66. The molecule has 1 aliphatic rings. The minimum Gasteiger partial charge on any atom is -0.229 e. The quantitative estimate of drug-likeness (QED) is 0.582. The predicted molar refractivity (Wildman–Crippen MR) is 94.6 cm³/mol. The maximum atomic E-state index is 11.8. The summed E-state index contributed by atoms with van der Waals surface area (Å²) in [4.78, 5) is 0. The van der Waals surface area contributed by atoms with E-state index in [0.29, 0.717) is 11.5 Å². The van der Waals surface area contributed by atoms with E-state index in [2.05, 4.69) is 59.9 Å². The Bertz CT molecular complexity index is 550. The monoisotopic (exact) mass is 486 g/mol. The number of hydrogen-bond donors (Lipinski definition) is 0. The van der Waals surface area contributed by atoms with E-state index in [1.165, 1.54) is 5.56 Å². The predicted octanol–water partition coefficient (Wildman–Crippen LogP) is 4.20. The minimum atomic E-state index is -2.85. The molecule has 0 aliphatic carbocycles. The van der Waals surface area contributed by atoms with Crippen molar-refractivity contribution in [1.82, 2.24) is 0 Å². The van der Waals surface area contributed by atoms with Crippen LogP contribution >= 0.6 is 47.8 Å². The van der Waals surface area contributed by atoms with Gasteiger partial charge in [-0.25, -0.2) is 8.42 Å². The standard InChI is InChI=1S/C14H17Br3O2S/c15-9-14(10-16,12-5-6-20(18,19)8-12)7-11-1-3-13(17)4-2-11/h1-4,12H,5-10H2. The van der Waals surface area contributed by atoms with Gasteiger partial charge in [0.1, 0.15) is 0 Å². The third-order valence-corrected chi connectivity index (χ3v) is 8.63. The Balaban J connectivity index is 2.23. The number of alkyl halides is 2. The summed E-state index contributed by atoms with van der Waals surface area (Å²) in [6, 6.07) is 8.28. The molecule has 1 aromatic carbocycles. The maximum absolute atomic E-state index is 11.8. The molecule has 1 aliphatic heterocycles. The minimum absolute atomic E-state index is 0.0442. The fourth-order valence-electron chi connectivity index (χ4n) is 2.78. The molecule has 0 aromatic heterocycles. The first-order valence-corrected chi connectivity index (χ1v) is 11.3. The van der Waals surface area contributed by atoms with Crippen molar-refractivity contribution in [3.8, 4) is 0 Å². The molecule has 1 aromatic rings. The molecule has 0 bridgehead atoms. The first kappa shape index (κ1) is 17.0. The maximum Gasteiger partial charge on any atom is 0.150 e. The van der Waals surface area contributed by atoms with Crippen LogP contribution in [-0.2, 0) is 16.3 Å². The van der Waals surface area contributed by atoms with E-state index < -0.39 is 9.84 Å². The lowest BCUT2D eigenvalue weighted by Crippen LogP contribution is -2.37. The molecule has 112 valence electrons. The molecular formula is C14H17Br3O2S. The van der Waals surface area contributed by atoms with Crippen molar-refractivity contribution >= 4 is 57.6 Å². The van der Waals surface area contributed by atoms with Gasteiger partial charge in [-0.3, -0.25) is 0 Å². The molecule has 1 unspecified atom stereocenters. The lowest BCUT2D eigenvalue weighted by atomic mass is 9.74. The number of hydrogen-bond acceptors (Lipinski definition) is 2. The van der Waals surface area contributed by atoms with Gasteiger partial charge in [0.25, 0.3) is 0 Å². The van der Waals surface area contributed by atoms with Crippen LogP contribution in [0.3, 0.4) is 0 Å². The van der Waals surface area contributed by atoms with Crippen LogP contribution in [0.5, 0.6) is 0 Å². The summed E-state index contributed by atoms with van der Waals surface area (Å²) in [7, 11) is -2.85. The first-order valence-electron chi connectivity index (χ1n) is 6.47. The summed E-state index contributed by atoms with van der Waals surface area (Å²) in [5.41, 5.74) is 1.20. The first-order chi connectivity index (χ1) is 9.41. The highest BCUT2D eigenvalue weighted by Crippen LogP contribution is 2.42. The fourth-order valence-corrected chi connectivity index (χ4v) is 7.23. The van der Waals surface area contributed by atoms with Crippen molar-refractivity contribution in [3.63, 3.8) is 0 Å². The molecule has 1 heterocycles. The number of halogens is 3. The zero-order valence-electron chi connectivity index (χ0n) is 11.0. The van der Waals surface area contributed by atoms with E-state index in [0.717, 1.165) is 28.0 Å². The highest BCUT2D eigenvalue weighted by atomic mass is 79.9. The van der Waals surface area contributed by atoms with Crippen molar-refractivity contribution in [2.75, 3.05) is 22.2 Å². The molecule has 0 N–H and O–H groups in total. The van der Waals surface area contributed by atoms with Gasteiger partial charge in [0.2, 0.25) is 0 Å². The SMILES string of the molecule is O=S1(=O)CCC(C(CBr)(CBr)Cc2ccc(Br)cc2)C1. The van der Waals surface area contributed by atoms with Crippen LogP contribution in [0.2, 0.25) is 0 Å².